The molecule has 2 aromatic carbocycles. The maximum atomic E-state index is 15.0. The van der Waals surface area contributed by atoms with Gasteiger partial charge in [0.05, 0.1) is 22.7 Å². The Morgan fingerprint density at radius 3 is 2.02 bits per heavy atom. The summed E-state index contributed by atoms with van der Waals surface area (Å²) in [4.78, 5) is 24.3. The monoisotopic (exact) mass is 734 g/mol. The van der Waals surface area contributed by atoms with Gasteiger partial charge in [0, 0.05) is 21.6 Å². The number of allylic oxidation sites excluding steroid dienone is 1. The SMILES string of the molecule is CN(CC(F)(F)F)C(=O)CNC(=O)c1ccc(C(F)=CC(c2cc(Br)c(Cl)c(Br)c2)C(F)(F)F)cc1C(F)(F)F. The zero-order chi connectivity index (χ0) is 30.8. The Morgan fingerprint density at radius 1 is 1.00 bits per heavy atom. The number of carbonyl (C=O) groups is 2. The summed E-state index contributed by atoms with van der Waals surface area (Å²) < 4.78 is 135. The van der Waals surface area contributed by atoms with Crippen LogP contribution in [0.1, 0.15) is 33.0 Å². The summed E-state index contributed by atoms with van der Waals surface area (Å²) in [5.41, 5.74) is -4.36. The lowest BCUT2D eigenvalue weighted by molar-refractivity contribution is -0.157. The van der Waals surface area contributed by atoms with Crippen LogP contribution in [0.2, 0.25) is 5.02 Å². The number of hydrogen-bond donors (Lipinski definition) is 1. The van der Waals surface area contributed by atoms with Crippen LogP contribution >= 0.6 is 43.5 Å². The zero-order valence-electron chi connectivity index (χ0n) is 19.6. The molecule has 0 aliphatic carbocycles. The van der Waals surface area contributed by atoms with Crippen LogP contribution in [0.3, 0.4) is 0 Å². The van der Waals surface area contributed by atoms with Gasteiger partial charge in [-0.3, -0.25) is 9.59 Å². The molecule has 1 N–H and O–H groups in total. The Balaban J connectivity index is 2.42. The number of nitrogens with one attached hydrogen (secondary N) is 1. The highest BCUT2D eigenvalue weighted by atomic mass is 79.9. The lowest BCUT2D eigenvalue weighted by Crippen LogP contribution is -2.42. The molecule has 0 aliphatic heterocycles. The molecule has 0 bridgehead atoms. The lowest BCUT2D eigenvalue weighted by Gasteiger charge is -2.20. The Bertz CT molecular complexity index is 1290. The summed E-state index contributed by atoms with van der Waals surface area (Å²) in [5.74, 6) is -7.13. The van der Waals surface area contributed by atoms with Crippen molar-refractivity contribution in [2.45, 2.75) is 24.4 Å². The summed E-state index contributed by atoms with van der Waals surface area (Å²) in [7, 11) is 0.753. The summed E-state index contributed by atoms with van der Waals surface area (Å²) in [6, 6.07) is 3.07. The van der Waals surface area contributed by atoms with Crippen LogP contribution in [0.15, 0.2) is 45.4 Å². The van der Waals surface area contributed by atoms with Crippen LogP contribution < -0.4 is 5.32 Å². The van der Waals surface area contributed by atoms with E-state index in [0.717, 1.165) is 19.2 Å². The van der Waals surface area contributed by atoms with Crippen molar-refractivity contribution in [2.75, 3.05) is 20.1 Å². The summed E-state index contributed by atoms with van der Waals surface area (Å²) in [6.45, 7) is -2.78. The second kappa shape index (κ2) is 12.7. The number of amides is 2. The Kier molecular flexibility index (Phi) is 10.7. The van der Waals surface area contributed by atoms with Crippen LogP contribution in [-0.4, -0.2) is 49.2 Å². The van der Waals surface area contributed by atoms with Gasteiger partial charge in [0.25, 0.3) is 5.91 Å². The third kappa shape index (κ3) is 9.09. The van der Waals surface area contributed by atoms with Gasteiger partial charge in [0.1, 0.15) is 18.3 Å². The first kappa shape index (κ1) is 33.9. The fraction of sp³-hybridized carbons (Fsp3) is 0.304. The van der Waals surface area contributed by atoms with Crippen molar-refractivity contribution in [3.05, 3.63) is 72.6 Å². The molecule has 0 saturated carbocycles. The lowest BCUT2D eigenvalue weighted by atomic mass is 9.95. The summed E-state index contributed by atoms with van der Waals surface area (Å²) in [6.07, 6.45) is -15.1. The highest BCUT2D eigenvalue weighted by Gasteiger charge is 2.41. The van der Waals surface area contributed by atoms with Crippen molar-refractivity contribution in [3.8, 4) is 0 Å². The number of likely N-dealkylation sites (N-methyl/N-ethyl adjacent to an activating group) is 1. The van der Waals surface area contributed by atoms with Crippen molar-refractivity contribution in [1.82, 2.24) is 10.2 Å². The second-order valence-electron chi connectivity index (χ2n) is 8.14. The van der Waals surface area contributed by atoms with E-state index in [2.05, 4.69) is 31.9 Å². The Morgan fingerprint density at radius 2 is 1.55 bits per heavy atom. The number of benzene rings is 2. The molecule has 0 aliphatic rings. The first-order valence-electron chi connectivity index (χ1n) is 10.5. The third-order valence-electron chi connectivity index (χ3n) is 5.12. The van der Waals surface area contributed by atoms with Crippen molar-refractivity contribution in [2.24, 2.45) is 0 Å². The van der Waals surface area contributed by atoms with E-state index in [1.807, 2.05) is 0 Å². The molecule has 0 saturated heterocycles. The maximum absolute atomic E-state index is 15.0. The largest absolute Gasteiger partial charge is 0.417 e. The molecule has 220 valence electrons. The number of nitrogens with zero attached hydrogens (tertiary/aromatic N) is 1. The average molecular weight is 737 g/mol. The van der Waals surface area contributed by atoms with E-state index in [1.54, 1.807) is 5.32 Å². The van der Waals surface area contributed by atoms with Gasteiger partial charge in [-0.15, -0.1) is 0 Å². The van der Waals surface area contributed by atoms with E-state index < -0.39 is 77.4 Å². The molecule has 2 aromatic rings. The molecule has 1 unspecified atom stereocenters. The minimum atomic E-state index is -5.31. The normalized spacial score (nSPS) is 13.7. The molecule has 2 rings (SSSR count). The fourth-order valence-corrected chi connectivity index (χ4v) is 4.58. The van der Waals surface area contributed by atoms with E-state index in [9.17, 15) is 53.5 Å². The quantitative estimate of drug-likeness (QED) is 0.230. The van der Waals surface area contributed by atoms with Gasteiger partial charge < -0.3 is 10.2 Å². The Hall–Kier alpha value is -2.33. The molecule has 17 heteroatoms. The molecular weight excluding hydrogens is 722 g/mol. The van der Waals surface area contributed by atoms with Gasteiger partial charge >= 0.3 is 18.5 Å². The molecule has 0 spiro atoms. The van der Waals surface area contributed by atoms with Gasteiger partial charge in [-0.1, -0.05) is 17.7 Å². The number of alkyl halides is 9. The van der Waals surface area contributed by atoms with Crippen molar-refractivity contribution >= 4 is 61.1 Å². The third-order valence-corrected chi connectivity index (χ3v) is 7.23. The molecule has 40 heavy (non-hydrogen) atoms. The van der Waals surface area contributed by atoms with Gasteiger partial charge in [0.15, 0.2) is 0 Å². The summed E-state index contributed by atoms with van der Waals surface area (Å²) >= 11 is 11.8. The van der Waals surface area contributed by atoms with Crippen LogP contribution in [-0.2, 0) is 11.0 Å². The van der Waals surface area contributed by atoms with E-state index in [-0.39, 0.29) is 31.0 Å². The topological polar surface area (TPSA) is 49.4 Å². The Labute approximate surface area is 241 Å². The maximum Gasteiger partial charge on any atom is 0.417 e. The zero-order valence-corrected chi connectivity index (χ0v) is 23.6. The number of hydrogen-bond acceptors (Lipinski definition) is 2. The molecule has 4 nitrogen and oxygen atoms in total. The minimum absolute atomic E-state index is 0.0199. The number of rotatable bonds is 7. The molecule has 2 amide bonds. The molecule has 0 heterocycles. The highest BCUT2D eigenvalue weighted by Crippen LogP contribution is 2.43. The van der Waals surface area contributed by atoms with E-state index >= 15 is 0 Å². The molecule has 0 radical (unpaired) electrons. The highest BCUT2D eigenvalue weighted by molar-refractivity contribution is 9.11. The first-order valence-corrected chi connectivity index (χ1v) is 12.5. The smallest absolute Gasteiger partial charge is 0.343 e. The van der Waals surface area contributed by atoms with Gasteiger partial charge in [-0.05, 0) is 67.8 Å². The van der Waals surface area contributed by atoms with Crippen LogP contribution in [0, 0.1) is 0 Å². The average Bonchev–Trinajstić information content (AvgIpc) is 2.80. The van der Waals surface area contributed by atoms with Crippen LogP contribution in [0.5, 0.6) is 0 Å². The second-order valence-corrected chi connectivity index (χ2v) is 10.2. The van der Waals surface area contributed by atoms with Gasteiger partial charge in [-0.2, -0.15) is 39.5 Å². The molecule has 0 fully saturated rings. The fourth-order valence-electron chi connectivity index (χ4n) is 3.25. The van der Waals surface area contributed by atoms with Crippen LogP contribution in [0.4, 0.5) is 43.9 Å². The van der Waals surface area contributed by atoms with E-state index in [0.29, 0.717) is 12.1 Å². The van der Waals surface area contributed by atoms with Crippen molar-refractivity contribution < 1.29 is 53.5 Å². The first-order chi connectivity index (χ1) is 18.1. The standard InChI is InChI=1S/C23H15Br2ClF10N2O2/c1-38(9-21(28,29)30)18(39)8-37-20(40)12-3-2-10(4-14(12)23(34,35)36)17(27)7-13(22(31,32)33)11-5-15(24)19(26)16(25)6-11/h2-7,13H,8-9H2,1H3,(H,37,40). The molecule has 0 aromatic heterocycles. The van der Waals surface area contributed by atoms with Gasteiger partial charge in [-0.25, -0.2) is 4.39 Å². The predicted molar refractivity (Wildman–Crippen MR) is 132 cm³/mol. The van der Waals surface area contributed by atoms with Crippen molar-refractivity contribution in [1.29, 1.82) is 0 Å². The minimum Gasteiger partial charge on any atom is -0.343 e. The molecule has 1 atom stereocenters. The van der Waals surface area contributed by atoms with Gasteiger partial charge in [0.2, 0.25) is 5.91 Å². The number of halogens is 13. The van der Waals surface area contributed by atoms with Crippen molar-refractivity contribution in [3.63, 3.8) is 0 Å². The molecular formula is C23H15Br2ClF10N2O2. The van der Waals surface area contributed by atoms with E-state index in [1.165, 1.54) is 0 Å². The predicted octanol–water partition coefficient (Wildman–Crippen LogP) is 8.29. The summed E-state index contributed by atoms with van der Waals surface area (Å²) in [5, 5.41) is 1.76. The number of carbonyl (C=O) groups excluding carboxylic acids is 2. The van der Waals surface area contributed by atoms with Crippen LogP contribution in [0.25, 0.3) is 5.83 Å². The van der Waals surface area contributed by atoms with E-state index in [4.69, 9.17) is 11.6 Å².